The summed E-state index contributed by atoms with van der Waals surface area (Å²) in [5.74, 6) is 0.0195. The number of carbonyl (C=O) groups is 2. The molecule has 0 aromatic heterocycles. The molecule has 0 atom stereocenters. The Morgan fingerprint density at radius 1 is 1.17 bits per heavy atom. The van der Waals surface area contributed by atoms with Gasteiger partial charge >= 0.3 is 6.03 Å². The number of piperidine rings is 1. The molecular formula is C24H37N3O3. The maximum Gasteiger partial charge on any atom is 0.321 e. The van der Waals surface area contributed by atoms with Gasteiger partial charge in [-0.05, 0) is 70.5 Å². The van der Waals surface area contributed by atoms with Gasteiger partial charge in [-0.2, -0.15) is 0 Å². The van der Waals surface area contributed by atoms with E-state index in [4.69, 9.17) is 4.74 Å². The highest BCUT2D eigenvalue weighted by Gasteiger charge is 2.23. The fourth-order valence-electron chi connectivity index (χ4n) is 3.62. The first kappa shape index (κ1) is 24.1. The maximum absolute atomic E-state index is 12.4. The third-order valence-electron chi connectivity index (χ3n) is 5.50. The molecule has 1 aliphatic rings. The van der Waals surface area contributed by atoms with Crippen molar-refractivity contribution in [3.05, 3.63) is 42.5 Å². The van der Waals surface area contributed by atoms with Gasteiger partial charge in [-0.15, -0.1) is 6.58 Å². The van der Waals surface area contributed by atoms with Gasteiger partial charge < -0.3 is 19.9 Å². The van der Waals surface area contributed by atoms with Gasteiger partial charge in [0.1, 0.15) is 0 Å². The van der Waals surface area contributed by atoms with Crippen molar-refractivity contribution in [3.63, 3.8) is 0 Å². The number of hydrogen-bond donors (Lipinski definition) is 1. The first-order valence-electron chi connectivity index (χ1n) is 11.1. The van der Waals surface area contributed by atoms with Crippen molar-refractivity contribution < 1.29 is 14.3 Å². The van der Waals surface area contributed by atoms with Crippen molar-refractivity contribution in [1.29, 1.82) is 0 Å². The van der Waals surface area contributed by atoms with E-state index in [9.17, 15) is 9.59 Å². The van der Waals surface area contributed by atoms with Crippen LogP contribution in [0.5, 0.6) is 0 Å². The predicted molar refractivity (Wildman–Crippen MR) is 122 cm³/mol. The highest BCUT2D eigenvalue weighted by molar-refractivity contribution is 5.95. The molecule has 1 heterocycles. The number of likely N-dealkylation sites (tertiary alicyclic amines) is 1. The van der Waals surface area contributed by atoms with Gasteiger partial charge in [0, 0.05) is 37.5 Å². The zero-order chi connectivity index (χ0) is 21.8. The number of nitrogens with one attached hydrogen (secondary N) is 1. The van der Waals surface area contributed by atoms with Crippen LogP contribution >= 0.6 is 0 Å². The largest absolute Gasteiger partial charge is 0.378 e. The van der Waals surface area contributed by atoms with Gasteiger partial charge in [0.05, 0.1) is 6.10 Å². The normalized spacial score (nSPS) is 14.7. The lowest BCUT2D eigenvalue weighted by molar-refractivity contribution is 0.0140. The van der Waals surface area contributed by atoms with Gasteiger partial charge in [0.25, 0.3) is 0 Å². The van der Waals surface area contributed by atoms with Crippen molar-refractivity contribution >= 4 is 17.5 Å². The van der Waals surface area contributed by atoms with Crippen LogP contribution in [0.1, 0.15) is 55.8 Å². The van der Waals surface area contributed by atoms with E-state index in [-0.39, 0.29) is 17.9 Å². The van der Waals surface area contributed by atoms with Crippen LogP contribution in [0.25, 0.3) is 0 Å². The second kappa shape index (κ2) is 13.2. The molecule has 0 saturated carbocycles. The first-order valence-corrected chi connectivity index (χ1v) is 11.1. The number of urea groups is 1. The zero-order valence-electron chi connectivity index (χ0n) is 18.6. The summed E-state index contributed by atoms with van der Waals surface area (Å²) >= 11 is 0. The average molecular weight is 416 g/mol. The molecule has 0 aliphatic carbocycles. The Hall–Kier alpha value is -2.18. The molecule has 1 saturated heterocycles. The minimum absolute atomic E-state index is 0.0195. The highest BCUT2D eigenvalue weighted by Crippen LogP contribution is 2.17. The van der Waals surface area contributed by atoms with E-state index in [1.807, 2.05) is 11.0 Å². The summed E-state index contributed by atoms with van der Waals surface area (Å²) in [6.07, 6.45) is 8.70. The fraction of sp³-hybridized carbons (Fsp3) is 0.583. The number of carbonyl (C=O) groups excluding carboxylic acids is 2. The number of ketones is 1. The van der Waals surface area contributed by atoms with Crippen LogP contribution in [0.4, 0.5) is 10.5 Å². The van der Waals surface area contributed by atoms with Gasteiger partial charge in [-0.25, -0.2) is 4.79 Å². The molecule has 1 aliphatic heterocycles. The van der Waals surface area contributed by atoms with Crippen molar-refractivity contribution in [2.24, 2.45) is 0 Å². The number of benzene rings is 1. The lowest BCUT2D eigenvalue weighted by Gasteiger charge is -2.32. The standard InChI is InChI=1S/C24H37N3O3/c1-4-15-26(3)16-7-5-6-8-19-30-23-13-17-27(18-14-23)24(29)25-22-11-9-21(10-12-22)20(2)28/h4,9-12,23H,1,5-8,13-19H2,2-3H3,(H,25,29). The lowest BCUT2D eigenvalue weighted by Crippen LogP contribution is -2.43. The van der Waals surface area contributed by atoms with Gasteiger partial charge in [-0.3, -0.25) is 4.79 Å². The Morgan fingerprint density at radius 2 is 1.83 bits per heavy atom. The molecule has 1 fully saturated rings. The first-order chi connectivity index (χ1) is 14.5. The second-order valence-electron chi connectivity index (χ2n) is 8.09. The number of rotatable bonds is 12. The van der Waals surface area contributed by atoms with E-state index in [1.165, 1.54) is 26.2 Å². The fourth-order valence-corrected chi connectivity index (χ4v) is 3.62. The van der Waals surface area contributed by atoms with Crippen LogP contribution < -0.4 is 5.32 Å². The van der Waals surface area contributed by atoms with Crippen molar-refractivity contribution in [2.75, 3.05) is 45.2 Å². The van der Waals surface area contributed by atoms with Crippen LogP contribution in [-0.4, -0.2) is 67.6 Å². The molecule has 0 bridgehead atoms. The van der Waals surface area contributed by atoms with Crippen LogP contribution in [0, 0.1) is 0 Å². The Labute approximate surface area is 181 Å². The lowest BCUT2D eigenvalue weighted by atomic mass is 10.1. The minimum atomic E-state index is -0.0922. The summed E-state index contributed by atoms with van der Waals surface area (Å²) in [6, 6.07) is 6.91. The number of ether oxygens (including phenoxy) is 1. The summed E-state index contributed by atoms with van der Waals surface area (Å²) < 4.78 is 6.02. The molecule has 0 radical (unpaired) electrons. The van der Waals surface area contributed by atoms with E-state index in [1.54, 1.807) is 24.3 Å². The summed E-state index contributed by atoms with van der Waals surface area (Å²) in [6.45, 7) is 9.58. The molecule has 2 amide bonds. The van der Waals surface area contributed by atoms with Crippen molar-refractivity contribution in [2.45, 2.75) is 51.6 Å². The Balaban J connectivity index is 1.55. The molecule has 30 heavy (non-hydrogen) atoms. The van der Waals surface area contributed by atoms with Gasteiger partial charge in [-0.1, -0.05) is 18.9 Å². The average Bonchev–Trinajstić information content (AvgIpc) is 2.74. The monoisotopic (exact) mass is 415 g/mol. The molecule has 1 aromatic carbocycles. The quantitative estimate of drug-likeness (QED) is 0.308. The van der Waals surface area contributed by atoms with E-state index in [0.29, 0.717) is 24.3 Å². The van der Waals surface area contributed by atoms with Gasteiger partial charge in [0.2, 0.25) is 0 Å². The molecule has 0 spiro atoms. The number of amides is 2. The van der Waals surface area contributed by atoms with E-state index < -0.39 is 0 Å². The van der Waals surface area contributed by atoms with Crippen molar-refractivity contribution in [3.8, 4) is 0 Å². The number of hydrogen-bond acceptors (Lipinski definition) is 4. The van der Waals surface area contributed by atoms with E-state index in [0.717, 1.165) is 39.0 Å². The summed E-state index contributed by atoms with van der Waals surface area (Å²) in [5.41, 5.74) is 1.35. The minimum Gasteiger partial charge on any atom is -0.378 e. The molecule has 6 heteroatoms. The van der Waals surface area contributed by atoms with Crippen LogP contribution in [0.2, 0.25) is 0 Å². The third-order valence-corrected chi connectivity index (χ3v) is 5.50. The Morgan fingerprint density at radius 3 is 2.47 bits per heavy atom. The predicted octanol–water partition coefficient (Wildman–Crippen LogP) is 4.58. The summed E-state index contributed by atoms with van der Waals surface area (Å²) in [4.78, 5) is 27.9. The molecule has 166 valence electrons. The zero-order valence-corrected chi connectivity index (χ0v) is 18.6. The van der Waals surface area contributed by atoms with Crippen LogP contribution in [0.3, 0.4) is 0 Å². The number of Topliss-reactive ketones (excluding diaryl/α,β-unsaturated/α-hetero) is 1. The number of nitrogens with zero attached hydrogens (tertiary/aromatic N) is 2. The number of anilines is 1. The topological polar surface area (TPSA) is 61.9 Å². The smallest absolute Gasteiger partial charge is 0.321 e. The third kappa shape index (κ3) is 8.67. The SMILES string of the molecule is C=CCN(C)CCCCCCOC1CCN(C(=O)Nc2ccc(C(C)=O)cc2)CC1. The molecule has 0 unspecified atom stereocenters. The molecular weight excluding hydrogens is 378 g/mol. The number of unbranched alkanes of at least 4 members (excludes halogenated alkanes) is 3. The van der Waals surface area contributed by atoms with E-state index >= 15 is 0 Å². The summed E-state index contributed by atoms with van der Waals surface area (Å²) in [7, 11) is 2.13. The van der Waals surface area contributed by atoms with Gasteiger partial charge in [0.15, 0.2) is 5.78 Å². The van der Waals surface area contributed by atoms with Crippen LogP contribution in [-0.2, 0) is 4.74 Å². The summed E-state index contributed by atoms with van der Waals surface area (Å²) in [5, 5.41) is 2.91. The second-order valence-corrected chi connectivity index (χ2v) is 8.09. The molecule has 1 aromatic rings. The molecule has 6 nitrogen and oxygen atoms in total. The Kier molecular flexibility index (Phi) is 10.6. The number of likely N-dealkylation sites (N-methyl/N-ethyl adjacent to an activating group) is 1. The van der Waals surface area contributed by atoms with Crippen molar-refractivity contribution in [1.82, 2.24) is 9.80 Å². The maximum atomic E-state index is 12.4. The molecule has 1 N–H and O–H groups in total. The van der Waals surface area contributed by atoms with E-state index in [2.05, 4.69) is 23.8 Å². The highest BCUT2D eigenvalue weighted by atomic mass is 16.5. The molecule has 2 rings (SSSR count). The van der Waals surface area contributed by atoms with Crippen LogP contribution in [0.15, 0.2) is 36.9 Å². The Bertz CT molecular complexity index is 667.